The summed E-state index contributed by atoms with van der Waals surface area (Å²) in [7, 11) is 0. The number of hydrogen-bond acceptors (Lipinski definition) is 3. The summed E-state index contributed by atoms with van der Waals surface area (Å²) in [5, 5.41) is 6.21. The average molecular weight is 212 g/mol. The molecule has 4 heteroatoms. The zero-order valence-electron chi connectivity index (χ0n) is 9.13. The van der Waals surface area contributed by atoms with E-state index in [2.05, 4.69) is 10.6 Å². The van der Waals surface area contributed by atoms with Gasteiger partial charge in [0.15, 0.2) is 0 Å². The van der Waals surface area contributed by atoms with Crippen LogP contribution in [0.4, 0.5) is 0 Å². The molecule has 0 spiro atoms. The van der Waals surface area contributed by atoms with Crippen LogP contribution in [-0.4, -0.2) is 37.7 Å². The van der Waals surface area contributed by atoms with Crippen molar-refractivity contribution in [2.45, 2.75) is 44.2 Å². The molecule has 2 heterocycles. The van der Waals surface area contributed by atoms with E-state index in [-0.39, 0.29) is 18.1 Å². The summed E-state index contributed by atoms with van der Waals surface area (Å²) < 4.78 is 5.46. The maximum atomic E-state index is 11.7. The second-order valence-corrected chi connectivity index (χ2v) is 4.38. The van der Waals surface area contributed by atoms with Crippen molar-refractivity contribution in [2.75, 3.05) is 19.7 Å². The van der Waals surface area contributed by atoms with Crippen LogP contribution in [0.2, 0.25) is 0 Å². The quantitative estimate of drug-likeness (QED) is 0.713. The number of nitrogens with one attached hydrogen (secondary N) is 2. The second-order valence-electron chi connectivity index (χ2n) is 4.38. The molecule has 0 unspecified atom stereocenters. The van der Waals surface area contributed by atoms with Crippen LogP contribution in [0, 0.1) is 0 Å². The predicted octanol–water partition coefficient (Wildman–Crippen LogP) is 0.424. The van der Waals surface area contributed by atoms with Gasteiger partial charge in [0.05, 0.1) is 12.1 Å². The van der Waals surface area contributed by atoms with Crippen LogP contribution < -0.4 is 10.6 Å². The number of carbonyl (C=O) groups excluding carboxylic acids is 1. The van der Waals surface area contributed by atoms with Crippen molar-refractivity contribution < 1.29 is 9.53 Å². The fourth-order valence-corrected chi connectivity index (χ4v) is 2.22. The van der Waals surface area contributed by atoms with E-state index in [9.17, 15) is 4.79 Å². The van der Waals surface area contributed by atoms with Crippen molar-refractivity contribution in [1.29, 1.82) is 0 Å². The first kappa shape index (κ1) is 10.9. The highest BCUT2D eigenvalue weighted by Crippen LogP contribution is 2.11. The van der Waals surface area contributed by atoms with E-state index in [4.69, 9.17) is 4.74 Å². The highest BCUT2D eigenvalue weighted by Gasteiger charge is 2.22. The molecule has 2 atom stereocenters. The van der Waals surface area contributed by atoms with Gasteiger partial charge in [-0.2, -0.15) is 0 Å². The van der Waals surface area contributed by atoms with Crippen molar-refractivity contribution in [3.05, 3.63) is 0 Å². The third-order valence-corrected chi connectivity index (χ3v) is 3.15. The third kappa shape index (κ3) is 3.18. The molecule has 2 rings (SSSR count). The standard InChI is InChI=1S/C11H20N2O2/c14-11(10-5-1-2-6-12-10)13-8-9-4-3-7-15-9/h9-10,12H,1-8H2,(H,13,14)/t9-,10-/m1/s1. The topological polar surface area (TPSA) is 50.4 Å². The summed E-state index contributed by atoms with van der Waals surface area (Å²) in [5.74, 6) is 0.144. The first-order valence-corrected chi connectivity index (χ1v) is 5.99. The van der Waals surface area contributed by atoms with Crippen LogP contribution in [0.25, 0.3) is 0 Å². The van der Waals surface area contributed by atoms with Gasteiger partial charge in [-0.15, -0.1) is 0 Å². The molecule has 0 aromatic rings. The van der Waals surface area contributed by atoms with E-state index in [1.807, 2.05) is 0 Å². The van der Waals surface area contributed by atoms with Crippen molar-refractivity contribution in [2.24, 2.45) is 0 Å². The van der Waals surface area contributed by atoms with Crippen LogP contribution in [-0.2, 0) is 9.53 Å². The Hall–Kier alpha value is -0.610. The molecule has 0 aromatic heterocycles. The number of piperidine rings is 1. The molecule has 2 N–H and O–H groups in total. The Kier molecular flexibility index (Phi) is 3.97. The van der Waals surface area contributed by atoms with Crippen LogP contribution in [0.3, 0.4) is 0 Å². The van der Waals surface area contributed by atoms with Crippen LogP contribution in [0.15, 0.2) is 0 Å². The summed E-state index contributed by atoms with van der Waals surface area (Å²) in [6.45, 7) is 2.50. The molecule has 4 nitrogen and oxygen atoms in total. The van der Waals surface area contributed by atoms with Gasteiger partial charge in [-0.25, -0.2) is 0 Å². The Balaban J connectivity index is 1.66. The maximum absolute atomic E-state index is 11.7. The van der Waals surface area contributed by atoms with E-state index >= 15 is 0 Å². The number of rotatable bonds is 3. The Morgan fingerprint density at radius 2 is 2.27 bits per heavy atom. The lowest BCUT2D eigenvalue weighted by Gasteiger charge is -2.23. The predicted molar refractivity (Wildman–Crippen MR) is 57.6 cm³/mol. The Morgan fingerprint density at radius 1 is 1.33 bits per heavy atom. The number of hydrogen-bond donors (Lipinski definition) is 2. The summed E-state index contributed by atoms with van der Waals surface area (Å²) in [6.07, 6.45) is 5.77. The summed E-state index contributed by atoms with van der Waals surface area (Å²) >= 11 is 0. The maximum Gasteiger partial charge on any atom is 0.237 e. The number of ether oxygens (including phenoxy) is 1. The molecular formula is C11H20N2O2. The minimum Gasteiger partial charge on any atom is -0.376 e. The Labute approximate surface area is 90.8 Å². The monoisotopic (exact) mass is 212 g/mol. The minimum atomic E-state index is 0.0279. The Bertz CT molecular complexity index is 209. The van der Waals surface area contributed by atoms with E-state index in [0.29, 0.717) is 6.54 Å². The fraction of sp³-hybridized carbons (Fsp3) is 0.909. The molecule has 0 aromatic carbocycles. The summed E-state index contributed by atoms with van der Waals surface area (Å²) in [4.78, 5) is 11.7. The van der Waals surface area contributed by atoms with Gasteiger partial charge in [-0.3, -0.25) is 4.79 Å². The second kappa shape index (κ2) is 5.47. The van der Waals surface area contributed by atoms with Gasteiger partial charge in [0, 0.05) is 13.2 Å². The van der Waals surface area contributed by atoms with Crippen LogP contribution in [0.5, 0.6) is 0 Å². The molecule has 0 saturated carbocycles. The molecule has 86 valence electrons. The molecule has 15 heavy (non-hydrogen) atoms. The lowest BCUT2D eigenvalue weighted by molar-refractivity contribution is -0.124. The van der Waals surface area contributed by atoms with Crippen LogP contribution >= 0.6 is 0 Å². The number of carbonyl (C=O) groups is 1. The smallest absolute Gasteiger partial charge is 0.237 e. The zero-order valence-corrected chi connectivity index (χ0v) is 9.13. The Morgan fingerprint density at radius 3 is 2.93 bits per heavy atom. The third-order valence-electron chi connectivity index (χ3n) is 3.15. The van der Waals surface area contributed by atoms with Gasteiger partial charge in [-0.05, 0) is 32.2 Å². The van der Waals surface area contributed by atoms with Crippen molar-refractivity contribution >= 4 is 5.91 Å². The summed E-state index contributed by atoms with van der Waals surface area (Å²) in [5.41, 5.74) is 0. The molecule has 1 amide bonds. The fourth-order valence-electron chi connectivity index (χ4n) is 2.22. The highest BCUT2D eigenvalue weighted by atomic mass is 16.5. The van der Waals surface area contributed by atoms with Gasteiger partial charge in [0.25, 0.3) is 0 Å². The number of amides is 1. The molecule has 0 radical (unpaired) electrons. The molecule has 2 aliphatic rings. The van der Waals surface area contributed by atoms with Gasteiger partial charge in [0.2, 0.25) is 5.91 Å². The van der Waals surface area contributed by atoms with Gasteiger partial charge >= 0.3 is 0 Å². The molecule has 2 saturated heterocycles. The lowest BCUT2D eigenvalue weighted by atomic mass is 10.0. The molecule has 0 aliphatic carbocycles. The lowest BCUT2D eigenvalue weighted by Crippen LogP contribution is -2.48. The van der Waals surface area contributed by atoms with Crippen molar-refractivity contribution in [3.63, 3.8) is 0 Å². The van der Waals surface area contributed by atoms with E-state index in [1.165, 1.54) is 6.42 Å². The first-order valence-electron chi connectivity index (χ1n) is 5.99. The van der Waals surface area contributed by atoms with Gasteiger partial charge < -0.3 is 15.4 Å². The van der Waals surface area contributed by atoms with E-state index in [0.717, 1.165) is 38.8 Å². The van der Waals surface area contributed by atoms with Gasteiger partial charge in [-0.1, -0.05) is 6.42 Å². The van der Waals surface area contributed by atoms with Crippen molar-refractivity contribution in [1.82, 2.24) is 10.6 Å². The molecule has 0 bridgehead atoms. The molecule has 2 aliphatic heterocycles. The van der Waals surface area contributed by atoms with Gasteiger partial charge in [0.1, 0.15) is 0 Å². The first-order chi connectivity index (χ1) is 7.36. The normalized spacial score (nSPS) is 31.5. The molecule has 2 fully saturated rings. The van der Waals surface area contributed by atoms with E-state index in [1.54, 1.807) is 0 Å². The largest absolute Gasteiger partial charge is 0.376 e. The van der Waals surface area contributed by atoms with E-state index < -0.39 is 0 Å². The zero-order chi connectivity index (χ0) is 10.5. The molecular weight excluding hydrogens is 192 g/mol. The summed E-state index contributed by atoms with van der Waals surface area (Å²) in [6, 6.07) is 0.0279. The minimum absolute atomic E-state index is 0.0279. The SMILES string of the molecule is O=C(NC[C@H]1CCCO1)[C@H]1CCCCN1. The highest BCUT2D eigenvalue weighted by molar-refractivity contribution is 5.81. The van der Waals surface area contributed by atoms with Crippen LogP contribution in [0.1, 0.15) is 32.1 Å². The van der Waals surface area contributed by atoms with Crippen molar-refractivity contribution in [3.8, 4) is 0 Å². The average Bonchev–Trinajstić information content (AvgIpc) is 2.80.